The molecular formula is C11H20. The summed E-state index contributed by atoms with van der Waals surface area (Å²) >= 11 is 0. The van der Waals surface area contributed by atoms with E-state index < -0.39 is 0 Å². The zero-order chi connectivity index (χ0) is 8.27. The molecule has 2 atom stereocenters. The Morgan fingerprint density at radius 3 is 2.73 bits per heavy atom. The Bertz CT molecular complexity index is 144. The number of hydrogen-bond acceptors (Lipinski definition) is 0. The third kappa shape index (κ3) is 2.08. The molecule has 0 aromatic heterocycles. The van der Waals surface area contributed by atoms with E-state index in [-0.39, 0.29) is 0 Å². The highest BCUT2D eigenvalue weighted by Gasteiger charge is 2.22. The summed E-state index contributed by atoms with van der Waals surface area (Å²) in [4.78, 5) is 0. The van der Waals surface area contributed by atoms with E-state index in [2.05, 4.69) is 26.8 Å². The molecule has 2 unspecified atom stereocenters. The molecule has 0 heterocycles. The molecule has 0 spiro atoms. The van der Waals surface area contributed by atoms with Crippen LogP contribution in [0.3, 0.4) is 0 Å². The lowest BCUT2D eigenvalue weighted by Gasteiger charge is -2.16. The van der Waals surface area contributed by atoms with Crippen LogP contribution in [0.4, 0.5) is 0 Å². The molecule has 0 aliphatic heterocycles. The highest BCUT2D eigenvalue weighted by Crippen LogP contribution is 2.35. The zero-order valence-corrected chi connectivity index (χ0v) is 8.06. The van der Waals surface area contributed by atoms with Crippen molar-refractivity contribution in [2.45, 2.75) is 46.5 Å². The van der Waals surface area contributed by atoms with Gasteiger partial charge in [0.05, 0.1) is 0 Å². The Hall–Kier alpha value is -0.260. The second-order valence-corrected chi connectivity index (χ2v) is 3.84. The van der Waals surface area contributed by atoms with Gasteiger partial charge in [-0.2, -0.15) is 0 Å². The van der Waals surface area contributed by atoms with Crippen LogP contribution in [0.1, 0.15) is 46.5 Å². The van der Waals surface area contributed by atoms with E-state index >= 15 is 0 Å². The lowest BCUT2D eigenvalue weighted by Crippen LogP contribution is -2.06. The minimum absolute atomic E-state index is 0.898. The van der Waals surface area contributed by atoms with Gasteiger partial charge in [0, 0.05) is 0 Å². The van der Waals surface area contributed by atoms with E-state index in [1.165, 1.54) is 25.7 Å². The maximum absolute atomic E-state index is 2.49. The molecule has 0 amide bonds. The Labute approximate surface area is 70.7 Å². The van der Waals surface area contributed by atoms with Crippen molar-refractivity contribution in [3.63, 3.8) is 0 Å². The normalized spacial score (nSPS) is 30.6. The fourth-order valence-corrected chi connectivity index (χ4v) is 2.27. The molecule has 1 aliphatic carbocycles. The van der Waals surface area contributed by atoms with Crippen LogP contribution in [0.25, 0.3) is 0 Å². The summed E-state index contributed by atoms with van der Waals surface area (Å²) in [5.41, 5.74) is 1.62. The predicted octanol–water partition coefficient (Wildman–Crippen LogP) is 3.78. The molecule has 0 nitrogen and oxygen atoms in total. The highest BCUT2D eigenvalue weighted by atomic mass is 14.3. The smallest absolute Gasteiger partial charge is 0.0202 e. The Morgan fingerprint density at radius 1 is 1.45 bits per heavy atom. The maximum Gasteiger partial charge on any atom is -0.0202 e. The van der Waals surface area contributed by atoms with Crippen molar-refractivity contribution in [1.29, 1.82) is 0 Å². The van der Waals surface area contributed by atoms with Gasteiger partial charge in [0.2, 0.25) is 0 Å². The molecule has 0 bridgehead atoms. The molecule has 0 aromatic rings. The average molecular weight is 152 g/mol. The quantitative estimate of drug-likeness (QED) is 0.540. The van der Waals surface area contributed by atoms with E-state index in [0.717, 1.165) is 11.8 Å². The van der Waals surface area contributed by atoms with Crippen molar-refractivity contribution in [1.82, 2.24) is 0 Å². The third-order valence-electron chi connectivity index (χ3n) is 2.82. The largest absolute Gasteiger partial charge is 0.0822 e. The van der Waals surface area contributed by atoms with Crippen LogP contribution in [0, 0.1) is 11.8 Å². The van der Waals surface area contributed by atoms with Gasteiger partial charge in [-0.1, -0.05) is 31.9 Å². The van der Waals surface area contributed by atoms with Gasteiger partial charge in [-0.15, -0.1) is 0 Å². The second kappa shape index (κ2) is 3.94. The first kappa shape index (κ1) is 8.83. The standard InChI is InChI=1S/C11H20/c1-4-6-11-8-9(3)7-10(11)5-2/h7,10-11H,4-6,8H2,1-3H3. The van der Waals surface area contributed by atoms with E-state index in [0.29, 0.717) is 0 Å². The summed E-state index contributed by atoms with van der Waals surface area (Å²) in [7, 11) is 0. The lowest BCUT2D eigenvalue weighted by molar-refractivity contribution is 0.381. The fraction of sp³-hybridized carbons (Fsp3) is 0.818. The fourth-order valence-electron chi connectivity index (χ4n) is 2.27. The molecule has 0 saturated carbocycles. The molecule has 0 fully saturated rings. The molecule has 11 heavy (non-hydrogen) atoms. The van der Waals surface area contributed by atoms with Gasteiger partial charge in [-0.3, -0.25) is 0 Å². The third-order valence-corrected chi connectivity index (χ3v) is 2.82. The molecule has 1 aliphatic rings. The molecule has 0 saturated heterocycles. The van der Waals surface area contributed by atoms with Crippen LogP contribution >= 0.6 is 0 Å². The van der Waals surface area contributed by atoms with Crippen LogP contribution < -0.4 is 0 Å². The molecule has 0 aromatic carbocycles. The predicted molar refractivity (Wildman–Crippen MR) is 50.6 cm³/mol. The highest BCUT2D eigenvalue weighted by molar-refractivity contribution is 5.10. The van der Waals surface area contributed by atoms with Crippen molar-refractivity contribution in [2.75, 3.05) is 0 Å². The molecule has 0 N–H and O–H groups in total. The zero-order valence-electron chi connectivity index (χ0n) is 8.06. The summed E-state index contributed by atoms with van der Waals surface area (Å²) in [6.07, 6.45) is 7.96. The van der Waals surface area contributed by atoms with Crippen LogP contribution in [-0.2, 0) is 0 Å². The Morgan fingerprint density at radius 2 is 2.18 bits per heavy atom. The maximum atomic E-state index is 2.49. The van der Waals surface area contributed by atoms with Crippen molar-refractivity contribution in [3.05, 3.63) is 11.6 Å². The SMILES string of the molecule is CCCC1CC(C)=CC1CC. The average Bonchev–Trinajstić information content (AvgIpc) is 2.32. The summed E-state index contributed by atoms with van der Waals surface area (Å²) in [6, 6.07) is 0. The summed E-state index contributed by atoms with van der Waals surface area (Å²) in [6.45, 7) is 6.88. The first-order chi connectivity index (χ1) is 5.27. The van der Waals surface area contributed by atoms with Crippen LogP contribution in [-0.4, -0.2) is 0 Å². The van der Waals surface area contributed by atoms with Gasteiger partial charge in [-0.25, -0.2) is 0 Å². The minimum atomic E-state index is 0.898. The molecule has 0 radical (unpaired) electrons. The molecule has 1 rings (SSSR count). The van der Waals surface area contributed by atoms with Crippen LogP contribution in [0.15, 0.2) is 11.6 Å². The number of allylic oxidation sites excluding steroid dienone is 2. The van der Waals surface area contributed by atoms with Gasteiger partial charge in [0.25, 0.3) is 0 Å². The van der Waals surface area contributed by atoms with Crippen LogP contribution in [0.5, 0.6) is 0 Å². The van der Waals surface area contributed by atoms with E-state index in [1.807, 2.05) is 0 Å². The van der Waals surface area contributed by atoms with Gasteiger partial charge >= 0.3 is 0 Å². The van der Waals surface area contributed by atoms with Crippen molar-refractivity contribution in [2.24, 2.45) is 11.8 Å². The number of rotatable bonds is 3. The van der Waals surface area contributed by atoms with Gasteiger partial charge in [0.1, 0.15) is 0 Å². The van der Waals surface area contributed by atoms with Gasteiger partial charge in [0.15, 0.2) is 0 Å². The molecule has 0 heteroatoms. The summed E-state index contributed by atoms with van der Waals surface area (Å²) in [5.74, 6) is 1.87. The van der Waals surface area contributed by atoms with E-state index in [4.69, 9.17) is 0 Å². The first-order valence-corrected chi connectivity index (χ1v) is 4.95. The Kier molecular flexibility index (Phi) is 3.16. The van der Waals surface area contributed by atoms with Crippen molar-refractivity contribution >= 4 is 0 Å². The topological polar surface area (TPSA) is 0 Å². The van der Waals surface area contributed by atoms with Crippen molar-refractivity contribution < 1.29 is 0 Å². The van der Waals surface area contributed by atoms with E-state index in [1.54, 1.807) is 5.57 Å². The van der Waals surface area contributed by atoms with Gasteiger partial charge in [-0.05, 0) is 38.0 Å². The molecular weight excluding hydrogens is 132 g/mol. The lowest BCUT2D eigenvalue weighted by atomic mass is 9.89. The van der Waals surface area contributed by atoms with Crippen LogP contribution in [0.2, 0.25) is 0 Å². The monoisotopic (exact) mass is 152 g/mol. The Balaban J connectivity index is 2.45. The van der Waals surface area contributed by atoms with E-state index in [9.17, 15) is 0 Å². The molecule has 64 valence electrons. The first-order valence-electron chi connectivity index (χ1n) is 4.95. The summed E-state index contributed by atoms with van der Waals surface area (Å²) in [5, 5.41) is 0. The minimum Gasteiger partial charge on any atom is -0.0822 e. The van der Waals surface area contributed by atoms with Crippen molar-refractivity contribution in [3.8, 4) is 0 Å². The second-order valence-electron chi connectivity index (χ2n) is 3.84. The summed E-state index contributed by atoms with van der Waals surface area (Å²) < 4.78 is 0. The van der Waals surface area contributed by atoms with Gasteiger partial charge < -0.3 is 0 Å². The number of hydrogen-bond donors (Lipinski definition) is 0.